The molecule has 2 heteroatoms. The molecule has 0 heterocycles. The van der Waals surface area contributed by atoms with E-state index in [1.54, 1.807) is 50.3 Å². The average molecular weight is 212 g/mol. The standard InChI is InChI=1S/C14H12O2/c1-3-9-10(4-2)14(16)12-8-6-5-7-11(12)13(9)15/h3-8H,1-2H3/b9-3+,10-4+. The quantitative estimate of drug-likeness (QED) is 0.619. The fraction of sp³-hybridized carbons (Fsp3) is 0.143. The number of allylic oxidation sites excluding steroid dienone is 4. The van der Waals surface area contributed by atoms with Crippen molar-refractivity contribution >= 4 is 11.6 Å². The molecule has 2 rings (SSSR count). The highest BCUT2D eigenvalue weighted by atomic mass is 16.1. The van der Waals surface area contributed by atoms with Gasteiger partial charge in [0.25, 0.3) is 0 Å². The Hall–Kier alpha value is -1.96. The van der Waals surface area contributed by atoms with E-state index in [-0.39, 0.29) is 11.6 Å². The lowest BCUT2D eigenvalue weighted by molar-refractivity contribution is 0.0972. The summed E-state index contributed by atoms with van der Waals surface area (Å²) in [5, 5.41) is 0. The molecule has 0 aliphatic heterocycles. The number of hydrogen-bond acceptors (Lipinski definition) is 2. The maximum absolute atomic E-state index is 12.1. The number of rotatable bonds is 0. The van der Waals surface area contributed by atoms with Gasteiger partial charge < -0.3 is 0 Å². The van der Waals surface area contributed by atoms with Gasteiger partial charge in [0.1, 0.15) is 0 Å². The molecule has 0 saturated carbocycles. The van der Waals surface area contributed by atoms with Crippen LogP contribution in [-0.2, 0) is 0 Å². The molecular weight excluding hydrogens is 200 g/mol. The summed E-state index contributed by atoms with van der Waals surface area (Å²) in [6, 6.07) is 6.95. The molecule has 0 fully saturated rings. The molecule has 80 valence electrons. The summed E-state index contributed by atoms with van der Waals surface area (Å²) in [4.78, 5) is 24.2. The first-order valence-electron chi connectivity index (χ1n) is 5.22. The molecule has 16 heavy (non-hydrogen) atoms. The zero-order valence-electron chi connectivity index (χ0n) is 9.28. The molecule has 0 amide bonds. The van der Waals surface area contributed by atoms with Crippen LogP contribution in [0.3, 0.4) is 0 Å². The van der Waals surface area contributed by atoms with Crippen LogP contribution in [0.5, 0.6) is 0 Å². The number of hydrogen-bond donors (Lipinski definition) is 0. The minimum absolute atomic E-state index is 0.0641. The fourth-order valence-electron chi connectivity index (χ4n) is 1.99. The van der Waals surface area contributed by atoms with Crippen LogP contribution in [-0.4, -0.2) is 11.6 Å². The van der Waals surface area contributed by atoms with Crippen LogP contribution < -0.4 is 0 Å². The zero-order chi connectivity index (χ0) is 11.7. The summed E-state index contributed by atoms with van der Waals surface area (Å²) in [5.41, 5.74) is 2.02. The Kier molecular flexibility index (Phi) is 2.57. The van der Waals surface area contributed by atoms with E-state index in [1.807, 2.05) is 0 Å². The van der Waals surface area contributed by atoms with Crippen molar-refractivity contribution in [1.29, 1.82) is 0 Å². The summed E-state index contributed by atoms with van der Waals surface area (Å²) in [5.74, 6) is -0.128. The van der Waals surface area contributed by atoms with Crippen molar-refractivity contribution in [3.05, 3.63) is 58.7 Å². The molecule has 0 aromatic heterocycles. The predicted octanol–water partition coefficient (Wildman–Crippen LogP) is 2.96. The van der Waals surface area contributed by atoms with Gasteiger partial charge in [0.15, 0.2) is 11.6 Å². The van der Waals surface area contributed by atoms with Gasteiger partial charge in [-0.25, -0.2) is 0 Å². The van der Waals surface area contributed by atoms with Gasteiger partial charge in [-0.15, -0.1) is 0 Å². The lowest BCUT2D eigenvalue weighted by Gasteiger charge is -2.18. The van der Waals surface area contributed by atoms with Crippen molar-refractivity contribution in [1.82, 2.24) is 0 Å². The Morgan fingerprint density at radius 1 is 0.812 bits per heavy atom. The summed E-state index contributed by atoms with van der Waals surface area (Å²) in [6.45, 7) is 3.55. The van der Waals surface area contributed by atoms with E-state index in [4.69, 9.17) is 0 Å². The molecule has 0 unspecified atom stereocenters. The van der Waals surface area contributed by atoms with Crippen molar-refractivity contribution in [2.24, 2.45) is 0 Å². The summed E-state index contributed by atoms with van der Waals surface area (Å²) < 4.78 is 0. The topological polar surface area (TPSA) is 34.1 Å². The fourth-order valence-corrected chi connectivity index (χ4v) is 1.99. The Labute approximate surface area is 94.3 Å². The average Bonchev–Trinajstić information content (AvgIpc) is 2.33. The van der Waals surface area contributed by atoms with E-state index in [9.17, 15) is 9.59 Å². The Balaban J connectivity index is 2.75. The van der Waals surface area contributed by atoms with Crippen molar-refractivity contribution in [2.75, 3.05) is 0 Å². The number of Topliss-reactive ketones (excluding diaryl/α,β-unsaturated/α-hetero) is 2. The molecule has 1 aromatic carbocycles. The smallest absolute Gasteiger partial charge is 0.194 e. The van der Waals surface area contributed by atoms with Gasteiger partial charge in [0.05, 0.1) is 0 Å². The largest absolute Gasteiger partial charge is 0.289 e. The van der Waals surface area contributed by atoms with Gasteiger partial charge in [-0.2, -0.15) is 0 Å². The minimum Gasteiger partial charge on any atom is -0.289 e. The van der Waals surface area contributed by atoms with Crippen molar-refractivity contribution in [3.63, 3.8) is 0 Å². The zero-order valence-corrected chi connectivity index (χ0v) is 9.28. The van der Waals surface area contributed by atoms with Crippen molar-refractivity contribution < 1.29 is 9.59 Å². The second-order valence-corrected chi connectivity index (χ2v) is 3.61. The van der Waals surface area contributed by atoms with E-state index in [1.165, 1.54) is 0 Å². The molecule has 0 saturated heterocycles. The summed E-state index contributed by atoms with van der Waals surface area (Å²) in [6.07, 6.45) is 3.40. The Morgan fingerprint density at radius 3 is 1.50 bits per heavy atom. The highest BCUT2D eigenvalue weighted by Crippen LogP contribution is 2.28. The lowest BCUT2D eigenvalue weighted by atomic mass is 9.82. The maximum Gasteiger partial charge on any atom is 0.194 e. The van der Waals surface area contributed by atoms with Crippen molar-refractivity contribution in [3.8, 4) is 0 Å². The molecule has 1 aromatic rings. The number of carbonyl (C=O) groups excluding carboxylic acids is 2. The second-order valence-electron chi connectivity index (χ2n) is 3.61. The van der Waals surface area contributed by atoms with E-state index < -0.39 is 0 Å². The molecule has 0 spiro atoms. The second kappa shape index (κ2) is 3.89. The highest BCUT2D eigenvalue weighted by Gasteiger charge is 2.30. The third-order valence-electron chi connectivity index (χ3n) is 2.77. The summed E-state index contributed by atoms with van der Waals surface area (Å²) >= 11 is 0. The van der Waals surface area contributed by atoms with Gasteiger partial charge in [-0.3, -0.25) is 9.59 Å². The van der Waals surface area contributed by atoms with Crippen LogP contribution in [0.4, 0.5) is 0 Å². The summed E-state index contributed by atoms with van der Waals surface area (Å²) in [7, 11) is 0. The van der Waals surface area contributed by atoms with Gasteiger partial charge in [-0.1, -0.05) is 36.4 Å². The third-order valence-corrected chi connectivity index (χ3v) is 2.77. The van der Waals surface area contributed by atoms with Gasteiger partial charge in [0.2, 0.25) is 0 Å². The van der Waals surface area contributed by atoms with Crippen molar-refractivity contribution in [2.45, 2.75) is 13.8 Å². The number of ketones is 2. The Bertz CT molecular complexity index is 484. The molecule has 0 radical (unpaired) electrons. The number of carbonyl (C=O) groups is 2. The van der Waals surface area contributed by atoms with E-state index in [0.29, 0.717) is 22.3 Å². The highest BCUT2D eigenvalue weighted by molar-refractivity contribution is 6.31. The van der Waals surface area contributed by atoms with Crippen LogP contribution in [0.15, 0.2) is 47.6 Å². The van der Waals surface area contributed by atoms with Crippen LogP contribution in [0.1, 0.15) is 34.6 Å². The van der Waals surface area contributed by atoms with Crippen LogP contribution in [0, 0.1) is 0 Å². The molecule has 0 bridgehead atoms. The molecule has 0 atom stereocenters. The normalized spacial score (nSPS) is 20.4. The maximum atomic E-state index is 12.1. The predicted molar refractivity (Wildman–Crippen MR) is 62.6 cm³/mol. The molecular formula is C14H12O2. The van der Waals surface area contributed by atoms with Gasteiger partial charge in [0, 0.05) is 22.3 Å². The molecule has 0 N–H and O–H groups in total. The first kappa shape index (κ1) is 10.6. The van der Waals surface area contributed by atoms with Crippen LogP contribution >= 0.6 is 0 Å². The Morgan fingerprint density at radius 2 is 1.19 bits per heavy atom. The molecule has 2 nitrogen and oxygen atoms in total. The van der Waals surface area contributed by atoms with E-state index in [2.05, 4.69) is 0 Å². The minimum atomic E-state index is -0.0641. The van der Waals surface area contributed by atoms with Crippen LogP contribution in [0.25, 0.3) is 0 Å². The monoisotopic (exact) mass is 212 g/mol. The number of fused-ring (bicyclic) bond motifs is 1. The molecule has 1 aliphatic carbocycles. The van der Waals surface area contributed by atoms with Gasteiger partial charge in [-0.05, 0) is 13.8 Å². The van der Waals surface area contributed by atoms with Gasteiger partial charge >= 0.3 is 0 Å². The van der Waals surface area contributed by atoms with E-state index in [0.717, 1.165) is 0 Å². The third kappa shape index (κ3) is 1.34. The molecule has 1 aliphatic rings. The van der Waals surface area contributed by atoms with E-state index >= 15 is 0 Å². The lowest BCUT2D eigenvalue weighted by Crippen LogP contribution is -2.22. The number of benzene rings is 1. The van der Waals surface area contributed by atoms with Crippen LogP contribution in [0.2, 0.25) is 0 Å². The first-order chi connectivity index (χ1) is 7.70. The first-order valence-corrected chi connectivity index (χ1v) is 5.22. The SMILES string of the molecule is C/C=C1/C(=O)c2ccccc2C(=O)/C1=C/C.